The first-order valence-corrected chi connectivity index (χ1v) is 9.94. The Balaban J connectivity index is 2.10. The van der Waals surface area contributed by atoms with E-state index in [4.69, 9.17) is 10.5 Å². The average Bonchev–Trinajstić information content (AvgIpc) is 3.13. The number of thioether (sulfide) groups is 1. The highest BCUT2D eigenvalue weighted by atomic mass is 32.2. The second-order valence-corrected chi connectivity index (χ2v) is 7.77. The van der Waals surface area contributed by atoms with Crippen LogP contribution in [0.5, 0.6) is 11.5 Å². The number of phenols is 1. The van der Waals surface area contributed by atoms with Crippen LogP contribution in [-0.2, 0) is 11.2 Å². The fourth-order valence-electron chi connectivity index (χ4n) is 3.29. The molecule has 0 spiro atoms. The van der Waals surface area contributed by atoms with Crippen LogP contribution in [-0.4, -0.2) is 81.3 Å². The third kappa shape index (κ3) is 5.10. The molecule has 0 aromatic heterocycles. The number of hydrogen-bond acceptors (Lipinski definition) is 8. The molecule has 11 heteroatoms. The minimum Gasteiger partial charge on any atom is -0.507 e. The minimum atomic E-state index is -1.75. The lowest BCUT2D eigenvalue weighted by Crippen LogP contribution is -2.41. The van der Waals surface area contributed by atoms with Gasteiger partial charge in [0, 0.05) is 24.3 Å². The van der Waals surface area contributed by atoms with Crippen molar-refractivity contribution in [2.75, 3.05) is 26.0 Å². The Hall–Kier alpha value is -1.95. The molecular weight excluding hydrogens is 387 g/mol. The third-order valence-electron chi connectivity index (χ3n) is 4.80. The number of hydrogen-bond donors (Lipinski definition) is 5. The molecule has 28 heavy (non-hydrogen) atoms. The van der Waals surface area contributed by atoms with Gasteiger partial charge in [0.25, 0.3) is 0 Å². The van der Waals surface area contributed by atoms with Crippen molar-refractivity contribution in [3.8, 4) is 11.5 Å². The quantitative estimate of drug-likeness (QED) is 0.344. The van der Waals surface area contributed by atoms with E-state index in [0.29, 0.717) is 13.1 Å². The molecule has 9 nitrogen and oxygen atoms in total. The van der Waals surface area contributed by atoms with Crippen LogP contribution in [0.4, 0.5) is 0 Å². The van der Waals surface area contributed by atoms with Crippen molar-refractivity contribution in [2.45, 2.75) is 30.5 Å². The molecule has 2 atom stereocenters. The van der Waals surface area contributed by atoms with Gasteiger partial charge in [-0.05, 0) is 30.9 Å². The molecular formula is C17H25BN2O7S. The first kappa shape index (κ1) is 22.3. The van der Waals surface area contributed by atoms with Gasteiger partial charge in [-0.1, -0.05) is 6.07 Å². The molecule has 1 saturated heterocycles. The molecule has 2 rings (SSSR count). The van der Waals surface area contributed by atoms with E-state index in [1.165, 1.54) is 19.2 Å². The summed E-state index contributed by atoms with van der Waals surface area (Å²) in [6.07, 6.45) is 1.71. The molecule has 0 aliphatic carbocycles. The van der Waals surface area contributed by atoms with E-state index in [0.717, 1.165) is 24.6 Å². The molecule has 0 saturated carbocycles. The van der Waals surface area contributed by atoms with Gasteiger partial charge < -0.3 is 35.6 Å². The highest BCUT2D eigenvalue weighted by Gasteiger charge is 2.31. The number of carboxylic acids is 1. The number of carboxylic acid groups (broad SMARTS) is 1. The molecule has 1 heterocycles. The molecule has 0 radical (unpaired) electrons. The highest BCUT2D eigenvalue weighted by molar-refractivity contribution is 8.01. The molecule has 154 valence electrons. The van der Waals surface area contributed by atoms with E-state index in [1.807, 2.05) is 0 Å². The maximum Gasteiger partial charge on any atom is 0.465 e. The molecule has 1 unspecified atom stereocenters. The van der Waals surface area contributed by atoms with Gasteiger partial charge in [-0.3, -0.25) is 4.79 Å². The number of aromatic carboxylic acids is 1. The van der Waals surface area contributed by atoms with Crippen LogP contribution >= 0.6 is 11.8 Å². The third-order valence-corrected chi connectivity index (χ3v) is 6.05. The lowest BCUT2D eigenvalue weighted by atomic mass is 9.81. The monoisotopic (exact) mass is 412 g/mol. The maximum absolute atomic E-state index is 12.4. The van der Waals surface area contributed by atoms with Crippen LogP contribution in [0.1, 0.15) is 28.8 Å². The first-order chi connectivity index (χ1) is 13.3. The van der Waals surface area contributed by atoms with Gasteiger partial charge in [0.2, 0.25) is 5.91 Å². The van der Waals surface area contributed by atoms with Crippen molar-refractivity contribution in [3.05, 3.63) is 23.3 Å². The Morgan fingerprint density at radius 3 is 2.71 bits per heavy atom. The number of carbonyl (C=O) groups is 2. The van der Waals surface area contributed by atoms with Crippen LogP contribution in [0.25, 0.3) is 0 Å². The van der Waals surface area contributed by atoms with Crippen LogP contribution < -0.4 is 10.5 Å². The number of carbonyl (C=O) groups excluding carboxylic acids is 1. The predicted octanol–water partition coefficient (Wildman–Crippen LogP) is -0.295. The van der Waals surface area contributed by atoms with Gasteiger partial charge in [-0.25, -0.2) is 4.79 Å². The summed E-state index contributed by atoms with van der Waals surface area (Å²) >= 11 is 1.04. The summed E-state index contributed by atoms with van der Waals surface area (Å²) in [5.41, 5.74) is 5.51. The van der Waals surface area contributed by atoms with Gasteiger partial charge in [0.15, 0.2) is 0 Å². The van der Waals surface area contributed by atoms with Gasteiger partial charge in [-0.2, -0.15) is 11.8 Å². The van der Waals surface area contributed by atoms with Gasteiger partial charge in [0.1, 0.15) is 17.1 Å². The fraction of sp³-hybridized carbons (Fsp3) is 0.529. The molecule has 1 aliphatic heterocycles. The van der Waals surface area contributed by atoms with E-state index >= 15 is 0 Å². The van der Waals surface area contributed by atoms with Gasteiger partial charge in [-0.15, -0.1) is 0 Å². The molecule has 1 fully saturated rings. The van der Waals surface area contributed by atoms with Crippen molar-refractivity contribution >= 4 is 30.8 Å². The van der Waals surface area contributed by atoms with Crippen LogP contribution in [0, 0.1) is 0 Å². The Morgan fingerprint density at radius 1 is 1.43 bits per heavy atom. The number of likely N-dealkylation sites (tertiary alicyclic amines) is 1. The van der Waals surface area contributed by atoms with Gasteiger partial charge in [0.05, 0.1) is 12.9 Å². The number of nitrogens with two attached hydrogens (primary N) is 1. The SMILES string of the molecule is COc1ccc(C[C@H](SCC(=O)N2CCCC2CN)B(O)O)c(O)c1C(=O)O. The second-order valence-electron chi connectivity index (χ2n) is 6.54. The molecule has 1 amide bonds. The smallest absolute Gasteiger partial charge is 0.465 e. The lowest BCUT2D eigenvalue weighted by Gasteiger charge is -2.24. The fourth-order valence-corrected chi connectivity index (χ4v) is 4.29. The Labute approximate surface area is 167 Å². The van der Waals surface area contributed by atoms with Crippen LogP contribution in [0.2, 0.25) is 0 Å². The number of ether oxygens (including phenoxy) is 1. The van der Waals surface area contributed by atoms with E-state index in [9.17, 15) is 29.9 Å². The Morgan fingerprint density at radius 2 is 2.14 bits per heavy atom. The summed E-state index contributed by atoms with van der Waals surface area (Å²) in [7, 11) is -0.466. The predicted molar refractivity (Wildman–Crippen MR) is 106 cm³/mol. The molecule has 6 N–H and O–H groups in total. The van der Waals surface area contributed by atoms with Crippen molar-refractivity contribution in [3.63, 3.8) is 0 Å². The minimum absolute atomic E-state index is 0.000428. The lowest BCUT2D eigenvalue weighted by molar-refractivity contribution is -0.128. The van der Waals surface area contributed by atoms with E-state index < -0.39 is 29.5 Å². The van der Waals surface area contributed by atoms with Gasteiger partial charge >= 0.3 is 13.1 Å². The zero-order valence-corrected chi connectivity index (χ0v) is 16.4. The number of amides is 1. The Kier molecular flexibility index (Phi) is 7.99. The maximum atomic E-state index is 12.4. The molecule has 1 aromatic carbocycles. The van der Waals surface area contributed by atoms with Crippen molar-refractivity contribution in [2.24, 2.45) is 5.73 Å². The zero-order valence-electron chi connectivity index (χ0n) is 15.6. The number of nitrogens with zero attached hydrogens (tertiary/aromatic N) is 1. The molecule has 1 aromatic rings. The van der Waals surface area contributed by atoms with E-state index in [1.54, 1.807) is 4.90 Å². The normalized spacial score (nSPS) is 17.4. The van der Waals surface area contributed by atoms with Crippen molar-refractivity contribution in [1.82, 2.24) is 4.90 Å². The first-order valence-electron chi connectivity index (χ1n) is 8.89. The topological polar surface area (TPSA) is 154 Å². The molecule has 1 aliphatic rings. The second kappa shape index (κ2) is 10.0. The zero-order chi connectivity index (χ0) is 20.8. The number of benzene rings is 1. The number of methoxy groups -OCH3 is 1. The van der Waals surface area contributed by atoms with Crippen LogP contribution in [0.15, 0.2) is 12.1 Å². The summed E-state index contributed by atoms with van der Waals surface area (Å²) < 4.78 is 4.95. The summed E-state index contributed by atoms with van der Waals surface area (Å²) in [6, 6.07) is 2.86. The standard InChI is InChI=1S/C17H25BN2O7S/c1-27-12-5-4-10(16(22)15(12)17(23)24)7-13(18(25)26)28-9-14(21)20-6-2-3-11(20)8-19/h4-5,11,13,22,25-26H,2-3,6-9,19H2,1H3,(H,23,24)/t11?,13-/m0/s1. The summed E-state index contributed by atoms with van der Waals surface area (Å²) in [4.78, 5) is 25.5. The summed E-state index contributed by atoms with van der Waals surface area (Å²) in [5.74, 6) is -1.95. The highest BCUT2D eigenvalue weighted by Crippen LogP contribution is 2.33. The van der Waals surface area contributed by atoms with Crippen molar-refractivity contribution < 1.29 is 34.6 Å². The van der Waals surface area contributed by atoms with E-state index in [-0.39, 0.29) is 35.4 Å². The van der Waals surface area contributed by atoms with Crippen LogP contribution in [0.3, 0.4) is 0 Å². The average molecular weight is 412 g/mol. The summed E-state index contributed by atoms with van der Waals surface area (Å²) in [6.45, 7) is 1.02. The number of aromatic hydroxyl groups is 1. The summed E-state index contributed by atoms with van der Waals surface area (Å²) in [5, 5.41) is 38.1. The Bertz CT molecular complexity index is 719. The van der Waals surface area contributed by atoms with Crippen molar-refractivity contribution in [1.29, 1.82) is 0 Å². The molecule has 0 bridgehead atoms. The van der Waals surface area contributed by atoms with E-state index in [2.05, 4.69) is 0 Å². The number of rotatable bonds is 9. The largest absolute Gasteiger partial charge is 0.507 e.